The molecule has 0 amide bonds. The fourth-order valence-corrected chi connectivity index (χ4v) is 1.95. The first-order valence-electron chi connectivity index (χ1n) is 6.36. The van der Waals surface area contributed by atoms with Crippen molar-refractivity contribution in [1.82, 2.24) is 10.5 Å². The molecular weight excluding hydrogens is 296 g/mol. The molecule has 2 aromatic rings. The highest BCUT2D eigenvalue weighted by molar-refractivity contribution is 5.76. The lowest BCUT2D eigenvalue weighted by Gasteiger charge is -2.11. The molecule has 7 nitrogen and oxygen atoms in total. The lowest BCUT2D eigenvalue weighted by Crippen LogP contribution is -2.19. The van der Waals surface area contributed by atoms with E-state index in [9.17, 15) is 8.78 Å². The van der Waals surface area contributed by atoms with Gasteiger partial charge in [0.25, 0.3) is 0 Å². The number of hydrogen-bond donors (Lipinski definition) is 4. The Balaban J connectivity index is 1.68. The van der Waals surface area contributed by atoms with Gasteiger partial charge in [-0.25, -0.2) is 4.98 Å². The summed E-state index contributed by atoms with van der Waals surface area (Å²) in [5, 5.41) is 0. The average Bonchev–Trinajstić information content (AvgIpc) is 2.93. The molecule has 22 heavy (non-hydrogen) atoms. The number of benzene rings is 1. The second-order valence-corrected chi connectivity index (χ2v) is 4.45. The third-order valence-corrected chi connectivity index (χ3v) is 2.91. The van der Waals surface area contributed by atoms with E-state index in [0.717, 1.165) is 5.56 Å². The summed E-state index contributed by atoms with van der Waals surface area (Å²) in [5.74, 6) is 1.47. The molecule has 0 saturated carbocycles. The summed E-state index contributed by atoms with van der Waals surface area (Å²) in [7, 11) is 0. The second kappa shape index (κ2) is 5.90. The first-order chi connectivity index (χ1) is 10.6. The molecule has 0 spiro atoms. The number of alkyl halides is 2. The van der Waals surface area contributed by atoms with E-state index in [2.05, 4.69) is 26.1 Å². The first-order valence-corrected chi connectivity index (χ1v) is 6.36. The van der Waals surface area contributed by atoms with Crippen LogP contribution in [0.2, 0.25) is 0 Å². The van der Waals surface area contributed by atoms with Crippen LogP contribution in [-0.4, -0.2) is 11.6 Å². The minimum absolute atomic E-state index is 0.0999. The maximum atomic E-state index is 12.1. The summed E-state index contributed by atoms with van der Waals surface area (Å²) < 4.78 is 34.1. The van der Waals surface area contributed by atoms with Gasteiger partial charge in [-0.15, -0.1) is 5.53 Å². The third-order valence-electron chi connectivity index (χ3n) is 2.91. The van der Waals surface area contributed by atoms with E-state index in [4.69, 9.17) is 10.5 Å². The standard InChI is InChI=1S/C13H13F2N5O2/c14-13(15)22-8-3-1-7(2-4-8)6-21-9-5-10(16)17-12-11(9)18-20-19-12/h1-5,13,18,20H,6H2,(H3,16,17,19). The van der Waals surface area contributed by atoms with E-state index in [1.54, 1.807) is 18.2 Å². The Kier molecular flexibility index (Phi) is 3.79. The number of pyridine rings is 1. The van der Waals surface area contributed by atoms with Gasteiger partial charge in [-0.3, -0.25) is 10.9 Å². The Labute approximate surface area is 124 Å². The van der Waals surface area contributed by atoms with Crippen molar-refractivity contribution < 1.29 is 18.3 Å². The number of nitrogens with one attached hydrogen (secondary N) is 3. The van der Waals surface area contributed by atoms with Gasteiger partial charge in [-0.1, -0.05) is 12.1 Å². The quantitative estimate of drug-likeness (QED) is 0.672. The minimum Gasteiger partial charge on any atom is -0.486 e. The Bertz CT molecular complexity index is 666. The number of ether oxygens (including phenoxy) is 2. The molecule has 0 unspecified atom stereocenters. The third kappa shape index (κ3) is 3.09. The highest BCUT2D eigenvalue weighted by atomic mass is 19.3. The largest absolute Gasteiger partial charge is 0.486 e. The zero-order valence-corrected chi connectivity index (χ0v) is 11.3. The van der Waals surface area contributed by atoms with Crippen molar-refractivity contribution in [2.24, 2.45) is 0 Å². The van der Waals surface area contributed by atoms with Crippen LogP contribution in [-0.2, 0) is 6.61 Å². The number of nitrogens with two attached hydrogens (primary N) is 1. The number of aromatic nitrogens is 1. The summed E-state index contributed by atoms with van der Waals surface area (Å²) in [6, 6.07) is 7.79. The molecule has 5 N–H and O–H groups in total. The van der Waals surface area contributed by atoms with Gasteiger partial charge in [-0.05, 0) is 17.7 Å². The van der Waals surface area contributed by atoms with Crippen LogP contribution in [0.3, 0.4) is 0 Å². The fourth-order valence-electron chi connectivity index (χ4n) is 1.95. The smallest absolute Gasteiger partial charge is 0.387 e. The van der Waals surface area contributed by atoms with E-state index in [1.165, 1.54) is 12.1 Å². The number of nitrogen functional groups attached to an aromatic ring is 1. The number of halogens is 2. The van der Waals surface area contributed by atoms with E-state index >= 15 is 0 Å². The molecule has 2 heterocycles. The van der Waals surface area contributed by atoms with Gasteiger partial charge in [0.2, 0.25) is 0 Å². The van der Waals surface area contributed by atoms with Gasteiger partial charge in [-0.2, -0.15) is 8.78 Å². The van der Waals surface area contributed by atoms with Crippen molar-refractivity contribution in [2.75, 3.05) is 16.6 Å². The fraction of sp³-hybridized carbons (Fsp3) is 0.154. The van der Waals surface area contributed by atoms with Crippen LogP contribution in [0.4, 0.5) is 26.1 Å². The van der Waals surface area contributed by atoms with Crippen molar-refractivity contribution in [3.8, 4) is 11.5 Å². The topological polar surface area (TPSA) is 93.5 Å². The molecule has 9 heteroatoms. The lowest BCUT2D eigenvalue weighted by atomic mass is 10.2. The van der Waals surface area contributed by atoms with Gasteiger partial charge in [0.05, 0.1) is 0 Å². The van der Waals surface area contributed by atoms with Crippen LogP contribution in [0.25, 0.3) is 0 Å². The number of rotatable bonds is 5. The molecule has 0 atom stereocenters. The Morgan fingerprint density at radius 2 is 1.95 bits per heavy atom. The Morgan fingerprint density at radius 1 is 1.18 bits per heavy atom. The van der Waals surface area contributed by atoms with Crippen molar-refractivity contribution in [2.45, 2.75) is 13.2 Å². The van der Waals surface area contributed by atoms with E-state index in [0.29, 0.717) is 23.1 Å². The second-order valence-electron chi connectivity index (χ2n) is 4.45. The predicted octanol–water partition coefficient (Wildman–Crippen LogP) is 2.10. The molecule has 1 aliphatic rings. The molecule has 0 radical (unpaired) electrons. The van der Waals surface area contributed by atoms with E-state index < -0.39 is 6.61 Å². The Morgan fingerprint density at radius 3 is 2.68 bits per heavy atom. The molecule has 1 aromatic carbocycles. The molecule has 0 bridgehead atoms. The van der Waals surface area contributed by atoms with Gasteiger partial charge in [0, 0.05) is 6.07 Å². The maximum Gasteiger partial charge on any atom is 0.387 e. The van der Waals surface area contributed by atoms with Crippen LogP contribution in [0.5, 0.6) is 11.5 Å². The van der Waals surface area contributed by atoms with Crippen molar-refractivity contribution in [3.63, 3.8) is 0 Å². The molecular formula is C13H13F2N5O2. The van der Waals surface area contributed by atoms with Crippen molar-refractivity contribution in [3.05, 3.63) is 35.9 Å². The number of nitrogens with zero attached hydrogens (tertiary/aromatic N) is 1. The summed E-state index contributed by atoms with van der Waals surface area (Å²) >= 11 is 0. The zero-order chi connectivity index (χ0) is 15.5. The zero-order valence-electron chi connectivity index (χ0n) is 11.3. The predicted molar refractivity (Wildman–Crippen MR) is 76.4 cm³/mol. The van der Waals surface area contributed by atoms with Gasteiger partial charge < -0.3 is 15.2 Å². The number of hydrazine groups is 2. The number of fused-ring (bicyclic) bond motifs is 1. The van der Waals surface area contributed by atoms with Crippen LogP contribution in [0.1, 0.15) is 5.56 Å². The monoisotopic (exact) mass is 309 g/mol. The number of anilines is 3. The van der Waals surface area contributed by atoms with Crippen molar-refractivity contribution >= 4 is 17.3 Å². The molecule has 116 valence electrons. The van der Waals surface area contributed by atoms with Gasteiger partial charge >= 0.3 is 6.61 Å². The normalized spacial score (nSPS) is 12.5. The Hall–Kier alpha value is -2.81. The summed E-state index contributed by atoms with van der Waals surface area (Å²) in [6.07, 6.45) is 0. The molecule has 1 aromatic heterocycles. The summed E-state index contributed by atoms with van der Waals surface area (Å²) in [4.78, 5) is 4.08. The lowest BCUT2D eigenvalue weighted by molar-refractivity contribution is -0.0498. The van der Waals surface area contributed by atoms with Crippen LogP contribution in [0.15, 0.2) is 30.3 Å². The first kappa shape index (κ1) is 14.1. The summed E-state index contributed by atoms with van der Waals surface area (Å²) in [5.41, 5.74) is 15.5. The van der Waals surface area contributed by atoms with Crippen LogP contribution in [0, 0.1) is 0 Å². The summed E-state index contributed by atoms with van der Waals surface area (Å²) in [6.45, 7) is -2.59. The highest BCUT2D eigenvalue weighted by Crippen LogP contribution is 2.35. The minimum atomic E-state index is -2.84. The molecule has 0 aliphatic carbocycles. The van der Waals surface area contributed by atoms with Crippen molar-refractivity contribution in [1.29, 1.82) is 0 Å². The number of hydrogen-bond acceptors (Lipinski definition) is 7. The maximum absolute atomic E-state index is 12.1. The molecule has 1 aliphatic heterocycles. The van der Waals surface area contributed by atoms with Crippen LogP contribution < -0.4 is 31.6 Å². The molecule has 0 saturated heterocycles. The average molecular weight is 309 g/mol. The van der Waals surface area contributed by atoms with Crippen LogP contribution >= 0.6 is 0 Å². The van der Waals surface area contributed by atoms with E-state index in [-0.39, 0.29) is 12.4 Å². The van der Waals surface area contributed by atoms with E-state index in [1.807, 2.05) is 0 Å². The highest BCUT2D eigenvalue weighted by Gasteiger charge is 2.17. The molecule has 0 fully saturated rings. The van der Waals surface area contributed by atoms with Gasteiger partial charge in [0.1, 0.15) is 23.9 Å². The SMILES string of the molecule is Nc1cc(OCc2ccc(OC(F)F)cc2)c2c(n1)NNN2. The molecule has 3 rings (SSSR count). The van der Waals surface area contributed by atoms with Gasteiger partial charge in [0.15, 0.2) is 11.6 Å².